The molecule has 1 N–H and O–H groups in total. The summed E-state index contributed by atoms with van der Waals surface area (Å²) in [4.78, 5) is 23.8. The van der Waals surface area contributed by atoms with Crippen LogP contribution in [-0.4, -0.2) is 47.2 Å². The van der Waals surface area contributed by atoms with Crippen molar-refractivity contribution in [3.05, 3.63) is 23.3 Å². The first-order valence-corrected chi connectivity index (χ1v) is 14.9. The first-order chi connectivity index (χ1) is 19.3. The molecule has 0 aromatic heterocycles. The van der Waals surface area contributed by atoms with E-state index in [0.717, 1.165) is 31.3 Å². The van der Waals surface area contributed by atoms with E-state index in [9.17, 15) is 41.0 Å². The third-order valence-electron chi connectivity index (χ3n) is 11.1. The van der Waals surface area contributed by atoms with Crippen LogP contribution in [0.3, 0.4) is 0 Å². The number of ether oxygens (including phenoxy) is 2. The summed E-state index contributed by atoms with van der Waals surface area (Å²) in [6, 6.07) is 0. The quantitative estimate of drug-likeness (QED) is 0.238. The maximum atomic E-state index is 13.2. The molecule has 4 aliphatic rings. The molecule has 5 nitrogen and oxygen atoms in total. The predicted molar refractivity (Wildman–Crippen MR) is 142 cm³/mol. The molecule has 11 heteroatoms. The van der Waals surface area contributed by atoms with Crippen LogP contribution in [0.5, 0.6) is 0 Å². The maximum Gasteiger partial charge on any atom is 0.426 e. The molecule has 238 valence electrons. The Morgan fingerprint density at radius 3 is 2.17 bits per heavy atom. The van der Waals surface area contributed by atoms with E-state index in [1.165, 1.54) is 19.4 Å². The molecule has 0 saturated heterocycles. The molecule has 42 heavy (non-hydrogen) atoms. The Balaban J connectivity index is 1.53. The van der Waals surface area contributed by atoms with Gasteiger partial charge in [0.05, 0.1) is 0 Å². The van der Waals surface area contributed by atoms with Crippen LogP contribution in [0.1, 0.15) is 92.4 Å². The van der Waals surface area contributed by atoms with Gasteiger partial charge in [0.1, 0.15) is 12.2 Å². The summed E-state index contributed by atoms with van der Waals surface area (Å²) in [5, 5.41) is 9.57. The van der Waals surface area contributed by atoms with Gasteiger partial charge in [-0.2, -0.15) is 26.3 Å². The van der Waals surface area contributed by atoms with Crippen molar-refractivity contribution in [2.75, 3.05) is 0 Å². The van der Waals surface area contributed by atoms with E-state index in [4.69, 9.17) is 9.47 Å². The van der Waals surface area contributed by atoms with Gasteiger partial charge in [-0.1, -0.05) is 50.5 Å². The standard InChI is InChI=1S/C31H42F6O5/c1-17(7-6-13-29(40,30(32,33)34)31(35,36)37)23-10-11-24-22-9-8-20-15-21(41-18(2)38)16-26(42-19(3)39)28(20,5)25(22)12-14-27(23,24)4/h8-9,17,21,23-26,40H,6-7,10-16H2,1-5H3/t17-,21-,23-,24+,25+,26+,27-,28+/m1/s1. The fourth-order valence-electron chi connectivity index (χ4n) is 9.00. The van der Waals surface area contributed by atoms with Gasteiger partial charge in [-0.25, -0.2) is 0 Å². The lowest BCUT2D eigenvalue weighted by Gasteiger charge is -2.57. The highest BCUT2D eigenvalue weighted by atomic mass is 19.4. The lowest BCUT2D eigenvalue weighted by molar-refractivity contribution is -0.370. The van der Waals surface area contributed by atoms with Gasteiger partial charge in [-0.3, -0.25) is 9.59 Å². The van der Waals surface area contributed by atoms with E-state index in [-0.39, 0.29) is 47.6 Å². The molecule has 0 amide bonds. The van der Waals surface area contributed by atoms with Crippen LogP contribution in [0, 0.1) is 34.5 Å². The molecule has 4 rings (SSSR count). The second kappa shape index (κ2) is 11.1. The monoisotopic (exact) mass is 608 g/mol. The molecule has 0 aromatic rings. The van der Waals surface area contributed by atoms with Crippen molar-refractivity contribution in [3.63, 3.8) is 0 Å². The lowest BCUT2D eigenvalue weighted by atomic mass is 9.49. The summed E-state index contributed by atoms with van der Waals surface area (Å²) in [5.41, 5.74) is -3.03. The second-order valence-corrected chi connectivity index (χ2v) is 13.5. The number of fused-ring (bicyclic) bond motifs is 5. The molecule has 0 heterocycles. The molecule has 3 fully saturated rings. The van der Waals surface area contributed by atoms with Crippen LogP contribution in [0.25, 0.3) is 0 Å². The van der Waals surface area contributed by atoms with Gasteiger partial charge in [0.25, 0.3) is 5.60 Å². The number of hydrogen-bond donors (Lipinski definition) is 1. The third-order valence-corrected chi connectivity index (χ3v) is 11.1. The van der Waals surface area contributed by atoms with Crippen LogP contribution in [0.2, 0.25) is 0 Å². The Morgan fingerprint density at radius 2 is 1.60 bits per heavy atom. The van der Waals surface area contributed by atoms with Gasteiger partial charge in [-0.15, -0.1) is 0 Å². The summed E-state index contributed by atoms with van der Waals surface area (Å²) in [6.45, 7) is 8.93. The highest BCUT2D eigenvalue weighted by molar-refractivity contribution is 5.67. The van der Waals surface area contributed by atoms with Crippen LogP contribution < -0.4 is 0 Å². The summed E-state index contributed by atoms with van der Waals surface area (Å²) < 4.78 is 90.3. The summed E-state index contributed by atoms with van der Waals surface area (Å²) in [7, 11) is 0. The highest BCUT2D eigenvalue weighted by Crippen LogP contribution is 2.66. The van der Waals surface area contributed by atoms with Crippen molar-refractivity contribution in [1.29, 1.82) is 0 Å². The molecule has 3 saturated carbocycles. The van der Waals surface area contributed by atoms with Gasteiger partial charge < -0.3 is 14.6 Å². The average Bonchev–Trinajstić information content (AvgIpc) is 3.20. The number of carbonyl (C=O) groups excluding carboxylic acids is 2. The van der Waals surface area contributed by atoms with Gasteiger partial charge in [0, 0.05) is 32.1 Å². The van der Waals surface area contributed by atoms with Crippen LogP contribution in [-0.2, 0) is 19.1 Å². The van der Waals surface area contributed by atoms with E-state index in [0.29, 0.717) is 12.8 Å². The third kappa shape index (κ3) is 5.52. The average molecular weight is 609 g/mol. The molecule has 4 aliphatic carbocycles. The Hall–Kier alpha value is -2.04. The molecular weight excluding hydrogens is 566 g/mol. The van der Waals surface area contributed by atoms with Crippen molar-refractivity contribution >= 4 is 11.9 Å². The molecule has 0 radical (unpaired) electrons. The van der Waals surface area contributed by atoms with E-state index in [1.807, 2.05) is 6.92 Å². The van der Waals surface area contributed by atoms with Crippen molar-refractivity contribution in [1.82, 2.24) is 0 Å². The topological polar surface area (TPSA) is 72.8 Å². The minimum absolute atomic E-state index is 0.0980. The predicted octanol–water partition coefficient (Wildman–Crippen LogP) is 7.62. The van der Waals surface area contributed by atoms with Crippen molar-refractivity contribution in [2.24, 2.45) is 34.5 Å². The van der Waals surface area contributed by atoms with E-state index in [2.05, 4.69) is 26.0 Å². The molecule has 0 aromatic carbocycles. The lowest BCUT2D eigenvalue weighted by Crippen LogP contribution is -2.56. The molecule has 8 atom stereocenters. The minimum atomic E-state index is -5.80. The number of halogens is 6. The molecule has 0 aliphatic heterocycles. The highest BCUT2D eigenvalue weighted by Gasteiger charge is 2.69. The smallest absolute Gasteiger partial charge is 0.426 e. The van der Waals surface area contributed by atoms with E-state index < -0.39 is 48.3 Å². The first-order valence-electron chi connectivity index (χ1n) is 14.9. The molecule has 0 spiro atoms. The van der Waals surface area contributed by atoms with Gasteiger partial charge in [0.2, 0.25) is 0 Å². The zero-order valence-corrected chi connectivity index (χ0v) is 24.8. The number of rotatable bonds is 7. The van der Waals surface area contributed by atoms with E-state index >= 15 is 0 Å². The SMILES string of the molecule is CC(=O)O[C@@H]1CC2=CC=C3[C@@H]4CC[C@H]([C@H](C)CCCC(O)(C(F)(F)F)C(F)(F)F)[C@@]4(C)CC[C@@H]3[C@@]2(C)[C@@H](OC(C)=O)C1. The minimum Gasteiger partial charge on any atom is -0.462 e. The Bertz CT molecular complexity index is 1110. The molecular formula is C31H42F6O5. The summed E-state index contributed by atoms with van der Waals surface area (Å²) >= 11 is 0. The maximum absolute atomic E-state index is 13.2. The molecule has 0 bridgehead atoms. The van der Waals surface area contributed by atoms with Crippen molar-refractivity contribution in [2.45, 2.75) is 123 Å². The Kier molecular flexibility index (Phi) is 8.72. The number of esters is 2. The van der Waals surface area contributed by atoms with Crippen LogP contribution in [0.4, 0.5) is 26.3 Å². The number of carbonyl (C=O) groups is 2. The normalized spacial score (nSPS) is 35.7. The Labute approximate surface area is 243 Å². The van der Waals surface area contributed by atoms with Crippen molar-refractivity contribution in [3.8, 4) is 0 Å². The van der Waals surface area contributed by atoms with Crippen LogP contribution in [0.15, 0.2) is 23.3 Å². The number of allylic oxidation sites excluding steroid dienone is 3. The largest absolute Gasteiger partial charge is 0.462 e. The van der Waals surface area contributed by atoms with E-state index in [1.54, 1.807) is 0 Å². The first kappa shape index (κ1) is 32.9. The zero-order valence-electron chi connectivity index (χ0n) is 24.8. The van der Waals surface area contributed by atoms with Crippen molar-refractivity contribution < 1.29 is 50.5 Å². The number of aliphatic hydroxyl groups is 1. The fraction of sp³-hybridized carbons (Fsp3) is 0.806. The zero-order chi connectivity index (χ0) is 31.5. The molecule has 0 unspecified atom stereocenters. The Morgan fingerprint density at radius 1 is 0.976 bits per heavy atom. The van der Waals surface area contributed by atoms with Gasteiger partial charge in [-0.05, 0) is 67.6 Å². The number of hydrogen-bond acceptors (Lipinski definition) is 5. The van der Waals surface area contributed by atoms with Gasteiger partial charge in [0.15, 0.2) is 0 Å². The summed E-state index contributed by atoms with van der Waals surface area (Å²) in [5.74, 6) is -0.527. The van der Waals surface area contributed by atoms with Gasteiger partial charge >= 0.3 is 24.3 Å². The number of alkyl halides is 6. The summed E-state index contributed by atoms with van der Waals surface area (Å²) in [6.07, 6.45) is -5.66. The fourth-order valence-corrected chi connectivity index (χ4v) is 9.00. The van der Waals surface area contributed by atoms with Crippen LogP contribution >= 0.6 is 0 Å². The second-order valence-electron chi connectivity index (χ2n) is 13.5.